The fourth-order valence-corrected chi connectivity index (χ4v) is 4.24. The molecule has 5 nitrogen and oxygen atoms in total. The zero-order valence-corrected chi connectivity index (χ0v) is 15.8. The maximum Gasteiger partial charge on any atom is 0.317 e. The number of amides is 2. The van der Waals surface area contributed by atoms with Crippen LogP contribution in [-0.4, -0.2) is 66.8 Å². The van der Waals surface area contributed by atoms with E-state index < -0.39 is 0 Å². The Labute approximate surface area is 157 Å². The number of carbonyl (C=O) groups is 1. The lowest BCUT2D eigenvalue weighted by molar-refractivity contribution is 0.165. The zero-order valence-electron chi connectivity index (χ0n) is 15.8. The van der Waals surface area contributed by atoms with Crippen LogP contribution in [0.5, 0.6) is 0 Å². The monoisotopic (exact) mass is 359 g/mol. The van der Waals surface area contributed by atoms with E-state index >= 15 is 0 Å². The number of rotatable bonds is 6. The molecule has 0 aromatic heterocycles. The van der Waals surface area contributed by atoms with Crippen molar-refractivity contribution in [1.29, 1.82) is 0 Å². The fraction of sp³-hybridized carbons (Fsp3) is 0.667. The summed E-state index contributed by atoms with van der Waals surface area (Å²) < 4.78 is 0. The Morgan fingerprint density at radius 2 is 1.73 bits per heavy atom. The first-order valence-electron chi connectivity index (χ1n) is 10.2. The van der Waals surface area contributed by atoms with Gasteiger partial charge in [0.2, 0.25) is 0 Å². The maximum atomic E-state index is 12.5. The third-order valence-electron chi connectivity index (χ3n) is 5.82. The van der Waals surface area contributed by atoms with E-state index in [-0.39, 0.29) is 18.6 Å². The van der Waals surface area contributed by atoms with Gasteiger partial charge < -0.3 is 20.2 Å². The summed E-state index contributed by atoms with van der Waals surface area (Å²) in [5, 5.41) is 12.8. The number of likely N-dealkylation sites (tertiary alicyclic amines) is 2. The summed E-state index contributed by atoms with van der Waals surface area (Å²) in [4.78, 5) is 16.9. The molecule has 1 aromatic rings. The zero-order chi connectivity index (χ0) is 18.2. The molecule has 2 saturated heterocycles. The average Bonchev–Trinajstić information content (AvgIpc) is 2.89. The normalized spacial score (nSPS) is 24.4. The van der Waals surface area contributed by atoms with Crippen molar-refractivity contribution in [2.24, 2.45) is 11.8 Å². The molecular formula is C21H33N3O2. The smallest absolute Gasteiger partial charge is 0.317 e. The van der Waals surface area contributed by atoms with Crippen molar-refractivity contribution in [3.63, 3.8) is 0 Å². The first-order chi connectivity index (χ1) is 12.8. The fourth-order valence-electron chi connectivity index (χ4n) is 4.24. The van der Waals surface area contributed by atoms with Gasteiger partial charge in [0.1, 0.15) is 0 Å². The Kier molecular flexibility index (Phi) is 7.32. The van der Waals surface area contributed by atoms with Gasteiger partial charge in [-0.2, -0.15) is 0 Å². The van der Waals surface area contributed by atoms with E-state index in [0.29, 0.717) is 19.0 Å². The molecule has 2 aliphatic heterocycles. The highest BCUT2D eigenvalue weighted by atomic mass is 16.3. The lowest BCUT2D eigenvalue weighted by Gasteiger charge is -2.26. The Hall–Kier alpha value is -1.59. The number of benzene rings is 1. The Bertz CT molecular complexity index is 543. The minimum atomic E-state index is 0.0118. The van der Waals surface area contributed by atoms with Crippen molar-refractivity contribution in [2.45, 2.75) is 32.1 Å². The number of aliphatic hydroxyl groups is 1. The van der Waals surface area contributed by atoms with Gasteiger partial charge >= 0.3 is 6.03 Å². The highest BCUT2D eigenvalue weighted by Gasteiger charge is 2.35. The van der Waals surface area contributed by atoms with Crippen molar-refractivity contribution >= 4 is 6.03 Å². The first-order valence-corrected chi connectivity index (χ1v) is 10.2. The summed E-state index contributed by atoms with van der Waals surface area (Å²) in [6, 6.07) is 10.2. The lowest BCUT2D eigenvalue weighted by Crippen LogP contribution is -2.40. The molecule has 5 heteroatoms. The van der Waals surface area contributed by atoms with Crippen molar-refractivity contribution in [3.05, 3.63) is 35.9 Å². The molecule has 2 atom stereocenters. The molecule has 0 saturated carbocycles. The number of urea groups is 1. The highest BCUT2D eigenvalue weighted by molar-refractivity contribution is 5.74. The van der Waals surface area contributed by atoms with Crippen molar-refractivity contribution < 1.29 is 9.90 Å². The van der Waals surface area contributed by atoms with Crippen LogP contribution in [0, 0.1) is 11.8 Å². The molecule has 2 heterocycles. The second kappa shape index (κ2) is 9.93. The number of nitrogens with zero attached hydrogens (tertiary/aromatic N) is 2. The van der Waals surface area contributed by atoms with E-state index in [9.17, 15) is 9.90 Å². The van der Waals surface area contributed by atoms with Crippen LogP contribution in [0.25, 0.3) is 0 Å². The maximum absolute atomic E-state index is 12.5. The van der Waals surface area contributed by atoms with Crippen LogP contribution < -0.4 is 5.32 Å². The minimum Gasteiger partial charge on any atom is -0.396 e. The van der Waals surface area contributed by atoms with E-state index in [2.05, 4.69) is 22.3 Å². The molecule has 144 valence electrons. The van der Waals surface area contributed by atoms with Crippen LogP contribution >= 0.6 is 0 Å². The van der Waals surface area contributed by atoms with Gasteiger partial charge in [0, 0.05) is 38.7 Å². The van der Waals surface area contributed by atoms with Gasteiger partial charge in [-0.15, -0.1) is 0 Å². The molecule has 2 fully saturated rings. The largest absolute Gasteiger partial charge is 0.396 e. The van der Waals surface area contributed by atoms with Crippen LogP contribution in [0.3, 0.4) is 0 Å². The Morgan fingerprint density at radius 3 is 2.42 bits per heavy atom. The third-order valence-corrected chi connectivity index (χ3v) is 5.82. The number of hydrogen-bond donors (Lipinski definition) is 2. The van der Waals surface area contributed by atoms with E-state index in [1.165, 1.54) is 31.2 Å². The summed E-state index contributed by atoms with van der Waals surface area (Å²) in [6.45, 7) is 5.60. The highest BCUT2D eigenvalue weighted by Crippen LogP contribution is 2.25. The molecule has 0 unspecified atom stereocenters. The average molecular weight is 360 g/mol. The molecule has 2 N–H and O–H groups in total. The topological polar surface area (TPSA) is 55.8 Å². The van der Waals surface area contributed by atoms with Crippen LogP contribution in [0.4, 0.5) is 4.79 Å². The van der Waals surface area contributed by atoms with Crippen LogP contribution in [-0.2, 0) is 6.42 Å². The molecular weight excluding hydrogens is 326 g/mol. The standard InChI is InChI=1S/C21H33N3O2/c25-17-20-16-24(15-19(20)14-23-12-6-1-2-7-13-23)21(26)22-11-10-18-8-4-3-5-9-18/h3-5,8-9,19-20,25H,1-2,6-7,10-17H2,(H,22,26)/t19-,20-/m1/s1. The summed E-state index contributed by atoms with van der Waals surface area (Å²) >= 11 is 0. The van der Waals surface area contributed by atoms with Gasteiger partial charge in [-0.05, 0) is 43.8 Å². The van der Waals surface area contributed by atoms with E-state index in [0.717, 1.165) is 32.6 Å². The van der Waals surface area contributed by atoms with E-state index in [1.807, 2.05) is 23.1 Å². The molecule has 2 aliphatic rings. The van der Waals surface area contributed by atoms with Gasteiger partial charge in [-0.3, -0.25) is 0 Å². The second-order valence-corrected chi connectivity index (χ2v) is 7.79. The second-order valence-electron chi connectivity index (χ2n) is 7.79. The van der Waals surface area contributed by atoms with Crippen LogP contribution in [0.1, 0.15) is 31.2 Å². The molecule has 1 aromatic carbocycles. The third kappa shape index (κ3) is 5.45. The number of hydrogen-bond acceptors (Lipinski definition) is 3. The van der Waals surface area contributed by atoms with Crippen LogP contribution in [0.15, 0.2) is 30.3 Å². The van der Waals surface area contributed by atoms with Gasteiger partial charge in [0.15, 0.2) is 0 Å². The van der Waals surface area contributed by atoms with Crippen molar-refractivity contribution in [1.82, 2.24) is 15.1 Å². The van der Waals surface area contributed by atoms with Gasteiger partial charge in [0.05, 0.1) is 0 Å². The molecule has 3 rings (SSSR count). The molecule has 0 bridgehead atoms. The predicted octanol–water partition coefficient (Wildman–Crippen LogP) is 2.36. The van der Waals surface area contributed by atoms with Crippen molar-refractivity contribution in [2.75, 3.05) is 45.9 Å². The summed E-state index contributed by atoms with van der Waals surface area (Å²) in [7, 11) is 0. The van der Waals surface area contributed by atoms with Gasteiger partial charge in [0.25, 0.3) is 0 Å². The minimum absolute atomic E-state index is 0.0118. The van der Waals surface area contributed by atoms with Gasteiger partial charge in [-0.1, -0.05) is 43.2 Å². The molecule has 0 radical (unpaired) electrons. The number of carbonyl (C=O) groups excluding carboxylic acids is 1. The quantitative estimate of drug-likeness (QED) is 0.820. The first kappa shape index (κ1) is 19.2. The SMILES string of the molecule is O=C(NCCc1ccccc1)N1C[C@@H](CN2CCCCCC2)[C@@H](CO)C1. The molecule has 0 aliphatic carbocycles. The summed E-state index contributed by atoms with van der Waals surface area (Å²) in [5.41, 5.74) is 1.24. The summed E-state index contributed by atoms with van der Waals surface area (Å²) in [5.74, 6) is 0.594. The Balaban J connectivity index is 1.45. The predicted molar refractivity (Wildman–Crippen MR) is 104 cm³/mol. The van der Waals surface area contributed by atoms with Crippen LogP contribution in [0.2, 0.25) is 0 Å². The van der Waals surface area contributed by atoms with E-state index in [1.54, 1.807) is 0 Å². The lowest BCUT2D eigenvalue weighted by atomic mass is 9.96. The number of aliphatic hydroxyl groups excluding tert-OH is 1. The van der Waals surface area contributed by atoms with Crippen molar-refractivity contribution in [3.8, 4) is 0 Å². The van der Waals surface area contributed by atoms with Gasteiger partial charge in [-0.25, -0.2) is 4.79 Å². The molecule has 0 spiro atoms. The Morgan fingerprint density at radius 1 is 1.04 bits per heavy atom. The van der Waals surface area contributed by atoms with E-state index in [4.69, 9.17) is 0 Å². The molecule has 2 amide bonds. The molecule has 26 heavy (non-hydrogen) atoms. The summed E-state index contributed by atoms with van der Waals surface area (Å²) in [6.07, 6.45) is 6.07. The number of nitrogens with one attached hydrogen (secondary N) is 1.